The van der Waals surface area contributed by atoms with Gasteiger partial charge in [0.1, 0.15) is 10.6 Å². The van der Waals surface area contributed by atoms with Crippen molar-refractivity contribution in [2.24, 2.45) is 0 Å². The van der Waals surface area contributed by atoms with Crippen LogP contribution >= 0.6 is 11.6 Å². The molecule has 0 bridgehead atoms. The van der Waals surface area contributed by atoms with E-state index in [0.29, 0.717) is 21.8 Å². The lowest BCUT2D eigenvalue weighted by Crippen LogP contribution is -2.37. The molecule has 2 N–H and O–H groups in total. The number of carbonyl (C=O) groups excluding carboxylic acids is 1. The van der Waals surface area contributed by atoms with Gasteiger partial charge in [-0.3, -0.25) is 9.11 Å². The van der Waals surface area contributed by atoms with Crippen LogP contribution in [-0.4, -0.2) is 37.7 Å². The second-order valence-electron chi connectivity index (χ2n) is 8.52. The van der Waals surface area contributed by atoms with Crippen LogP contribution in [-0.2, 0) is 26.8 Å². The van der Waals surface area contributed by atoms with Crippen molar-refractivity contribution in [3.05, 3.63) is 76.3 Å². The minimum absolute atomic E-state index is 0.0699. The van der Waals surface area contributed by atoms with Gasteiger partial charge in [0.2, 0.25) is 11.0 Å². The van der Waals surface area contributed by atoms with Crippen LogP contribution in [0, 0.1) is 13.8 Å². The molecule has 0 aliphatic rings. The van der Waals surface area contributed by atoms with Crippen molar-refractivity contribution < 1.29 is 40.0 Å². The third-order valence-electron chi connectivity index (χ3n) is 5.98. The lowest BCUT2D eigenvalue weighted by Gasteiger charge is -2.16. The minimum Gasteiger partial charge on any atom is -0.422 e. The second kappa shape index (κ2) is 9.99. The fourth-order valence-electron chi connectivity index (χ4n) is 4.38. The van der Waals surface area contributed by atoms with Crippen LogP contribution in [0.3, 0.4) is 0 Å². The van der Waals surface area contributed by atoms with E-state index in [9.17, 15) is 26.2 Å². The molecule has 0 amide bonds. The fraction of sp³-hybridized carbons (Fsp3) is 0.200. The van der Waals surface area contributed by atoms with E-state index in [1.165, 1.54) is 13.8 Å². The normalized spacial score (nSPS) is 12.2. The molecular weight excluding hydrogens is 542 g/mol. The number of hydrogen-bond donors (Lipinski definition) is 2. The van der Waals surface area contributed by atoms with E-state index in [-0.39, 0.29) is 40.4 Å². The molecule has 0 unspecified atom stereocenters. The van der Waals surface area contributed by atoms with Gasteiger partial charge in [-0.1, -0.05) is 35.9 Å². The molecule has 0 spiro atoms. The fourth-order valence-corrected chi connectivity index (χ4v) is 6.01. The number of carbonyl (C=O) groups is 1. The zero-order valence-corrected chi connectivity index (χ0v) is 22.2. The smallest absolute Gasteiger partial charge is 0.345 e. The van der Waals surface area contributed by atoms with Gasteiger partial charge in [-0.05, 0) is 37.6 Å². The maximum Gasteiger partial charge on any atom is 0.345 e. The van der Waals surface area contributed by atoms with E-state index in [4.69, 9.17) is 20.9 Å². The van der Waals surface area contributed by atoms with Gasteiger partial charge in [-0.15, -0.1) is 0 Å². The summed E-state index contributed by atoms with van der Waals surface area (Å²) in [6.45, 7) is 3.28. The van der Waals surface area contributed by atoms with Crippen molar-refractivity contribution in [2.45, 2.75) is 31.7 Å². The highest BCUT2D eigenvalue weighted by Gasteiger charge is 2.28. The summed E-state index contributed by atoms with van der Waals surface area (Å²) in [4.78, 5) is 13.2. The molecule has 0 radical (unpaired) electrons. The first-order valence-corrected chi connectivity index (χ1v) is 14.5. The summed E-state index contributed by atoms with van der Waals surface area (Å²) in [5, 5.41) is 0.846. The topological polar surface area (TPSA) is 139 Å². The lowest BCUT2D eigenvalue weighted by molar-refractivity contribution is -0.645. The molecule has 4 aromatic rings. The second-order valence-corrected chi connectivity index (χ2v) is 11.9. The Hall–Kier alpha value is -3.09. The van der Waals surface area contributed by atoms with Crippen molar-refractivity contribution in [3.63, 3.8) is 0 Å². The number of halogens is 1. The number of ether oxygens (including phenoxy) is 1. The van der Waals surface area contributed by atoms with Crippen molar-refractivity contribution >= 4 is 59.6 Å². The maximum absolute atomic E-state index is 13.6. The van der Waals surface area contributed by atoms with Crippen LogP contribution in [0.2, 0.25) is 5.02 Å². The molecule has 37 heavy (non-hydrogen) atoms. The maximum atomic E-state index is 13.6. The van der Waals surface area contributed by atoms with E-state index < -0.39 is 36.9 Å². The number of rotatable bonds is 7. The Morgan fingerprint density at radius 2 is 1.49 bits per heavy atom. The zero-order chi connectivity index (χ0) is 27.1. The predicted molar refractivity (Wildman–Crippen MR) is 138 cm³/mol. The molecule has 3 aromatic carbocycles. The predicted octanol–water partition coefficient (Wildman–Crippen LogP) is 4.29. The summed E-state index contributed by atoms with van der Waals surface area (Å²) in [6.07, 6.45) is 0.151. The van der Waals surface area contributed by atoms with Gasteiger partial charge in [0.05, 0.1) is 27.1 Å². The minimum atomic E-state index is -4.58. The number of esters is 1. The highest BCUT2D eigenvalue weighted by atomic mass is 35.5. The average molecular weight is 565 g/mol. The van der Waals surface area contributed by atoms with Crippen molar-refractivity contribution in [1.82, 2.24) is 0 Å². The summed E-state index contributed by atoms with van der Waals surface area (Å²) >= 11 is 6.18. The van der Waals surface area contributed by atoms with Crippen LogP contribution in [0.4, 0.5) is 0 Å². The number of benzene rings is 3. The number of nitrogens with zero attached hydrogens (tertiary/aromatic N) is 1. The molecule has 1 aromatic heterocycles. The number of aryl methyl sites for hydroxylation is 2. The largest absolute Gasteiger partial charge is 0.422 e. The van der Waals surface area contributed by atoms with Gasteiger partial charge in [-0.2, -0.15) is 21.4 Å². The highest BCUT2D eigenvalue weighted by molar-refractivity contribution is 7.86. The Kier molecular flexibility index (Phi) is 7.28. The number of para-hydroxylation sites is 2. The van der Waals surface area contributed by atoms with Crippen LogP contribution in [0.1, 0.15) is 27.9 Å². The molecular formula is C25H23ClNO8S2+. The van der Waals surface area contributed by atoms with E-state index in [1.54, 1.807) is 48.5 Å². The van der Waals surface area contributed by atoms with Crippen LogP contribution < -0.4 is 9.30 Å². The first-order valence-electron chi connectivity index (χ1n) is 11.1. The van der Waals surface area contributed by atoms with Crippen molar-refractivity contribution in [3.8, 4) is 5.75 Å². The standard InChI is InChI=1S/C25H22ClNO8S2/c1-15-14-21(37(32,33)34)23(26)16(2)24(15)35-25(28)22-17-8-3-5-10-19(17)27(12-7-13-36(29,30)31)20-11-6-4-9-18(20)22/h3-6,8-11,14H,7,12-13H2,1-2H3,(H-,29,30,31,32,33,34)/p+1. The molecule has 0 fully saturated rings. The Bertz CT molecular complexity index is 1730. The third kappa shape index (κ3) is 5.46. The van der Waals surface area contributed by atoms with Gasteiger partial charge in [0.25, 0.3) is 20.2 Å². The van der Waals surface area contributed by atoms with Crippen LogP contribution in [0.5, 0.6) is 5.75 Å². The summed E-state index contributed by atoms with van der Waals surface area (Å²) in [6, 6.07) is 15.3. The SMILES string of the molecule is Cc1cc(S(=O)(=O)O)c(Cl)c(C)c1OC(=O)c1c2ccccc2[n+](CCCS(=O)(=O)O)c2ccccc12. The summed E-state index contributed by atoms with van der Waals surface area (Å²) in [5.74, 6) is -1.05. The third-order valence-corrected chi connectivity index (χ3v) is 8.26. The van der Waals surface area contributed by atoms with E-state index in [0.717, 1.165) is 6.07 Å². The first kappa shape index (κ1) is 27.0. The van der Waals surface area contributed by atoms with Gasteiger partial charge < -0.3 is 4.74 Å². The molecule has 194 valence electrons. The molecule has 0 saturated carbocycles. The number of fused-ring (bicyclic) bond motifs is 2. The molecule has 12 heteroatoms. The van der Waals surface area contributed by atoms with Gasteiger partial charge in [0.15, 0.2) is 6.54 Å². The van der Waals surface area contributed by atoms with Crippen LogP contribution in [0.15, 0.2) is 59.5 Å². The first-order chi connectivity index (χ1) is 17.3. The van der Waals surface area contributed by atoms with Gasteiger partial charge in [-0.25, -0.2) is 4.79 Å². The Balaban J connectivity index is 1.87. The Morgan fingerprint density at radius 3 is 2.00 bits per heavy atom. The summed E-state index contributed by atoms with van der Waals surface area (Å²) in [7, 11) is -8.72. The average Bonchev–Trinajstić information content (AvgIpc) is 2.82. The lowest BCUT2D eigenvalue weighted by atomic mass is 10.0. The molecule has 4 rings (SSSR count). The number of hydrogen-bond acceptors (Lipinski definition) is 6. The number of aromatic nitrogens is 1. The van der Waals surface area contributed by atoms with Gasteiger partial charge in [0, 0.05) is 24.1 Å². The number of pyridine rings is 1. The monoisotopic (exact) mass is 564 g/mol. The Labute approximate surface area is 218 Å². The van der Waals surface area contributed by atoms with Crippen LogP contribution in [0.25, 0.3) is 21.8 Å². The molecule has 0 aliphatic carbocycles. The van der Waals surface area contributed by atoms with E-state index in [2.05, 4.69) is 0 Å². The molecule has 0 atom stereocenters. The van der Waals surface area contributed by atoms with Crippen molar-refractivity contribution in [1.29, 1.82) is 0 Å². The van der Waals surface area contributed by atoms with E-state index in [1.807, 2.05) is 4.57 Å². The molecule has 0 aliphatic heterocycles. The Morgan fingerprint density at radius 1 is 0.946 bits per heavy atom. The summed E-state index contributed by atoms with van der Waals surface area (Å²) < 4.78 is 72.1. The molecule has 0 saturated heterocycles. The quantitative estimate of drug-likeness (QED) is 0.111. The summed E-state index contributed by atoms with van der Waals surface area (Å²) in [5.41, 5.74) is 2.01. The highest BCUT2D eigenvalue weighted by Crippen LogP contribution is 2.36. The van der Waals surface area contributed by atoms with E-state index >= 15 is 0 Å². The van der Waals surface area contributed by atoms with Gasteiger partial charge >= 0.3 is 5.97 Å². The zero-order valence-electron chi connectivity index (χ0n) is 19.8. The molecule has 1 heterocycles. The van der Waals surface area contributed by atoms with Crippen molar-refractivity contribution in [2.75, 3.05) is 5.75 Å². The molecule has 9 nitrogen and oxygen atoms in total.